The Morgan fingerprint density at radius 1 is 1.12 bits per heavy atom. The summed E-state index contributed by atoms with van der Waals surface area (Å²) in [6.45, 7) is 4.40. The number of nitrogens with zero attached hydrogens (tertiary/aromatic N) is 1. The minimum atomic E-state index is 0.184. The Balaban J connectivity index is 2.14. The fraction of sp³-hybridized carbons (Fsp3) is 0.400. The van der Waals surface area contributed by atoms with E-state index in [4.69, 9.17) is 11.6 Å². The molecule has 2 heteroatoms. The van der Waals surface area contributed by atoms with Gasteiger partial charge in [0.05, 0.1) is 5.52 Å². The van der Waals surface area contributed by atoms with Crippen molar-refractivity contribution >= 4 is 22.5 Å². The van der Waals surface area contributed by atoms with Gasteiger partial charge in [-0.1, -0.05) is 38.1 Å². The summed E-state index contributed by atoms with van der Waals surface area (Å²) in [7, 11) is 0. The Kier molecular flexibility index (Phi) is 4.01. The van der Waals surface area contributed by atoms with Crippen LogP contribution in [0.4, 0.5) is 0 Å². The third kappa shape index (κ3) is 3.44. The van der Waals surface area contributed by atoms with E-state index in [0.717, 1.165) is 24.1 Å². The summed E-state index contributed by atoms with van der Waals surface area (Å²) in [6, 6.07) is 12.4. The van der Waals surface area contributed by atoms with E-state index in [9.17, 15) is 0 Å². The molecule has 0 aliphatic heterocycles. The number of alkyl halides is 1. The van der Waals surface area contributed by atoms with Crippen LogP contribution in [-0.4, -0.2) is 10.4 Å². The van der Waals surface area contributed by atoms with Crippen molar-refractivity contribution in [1.82, 2.24) is 4.98 Å². The molecule has 0 saturated heterocycles. The van der Waals surface area contributed by atoms with E-state index in [2.05, 4.69) is 37.0 Å². The van der Waals surface area contributed by atoms with Crippen LogP contribution in [0, 0.1) is 5.92 Å². The zero-order valence-electron chi connectivity index (χ0n) is 10.4. The van der Waals surface area contributed by atoms with Crippen LogP contribution in [0.1, 0.15) is 26.0 Å². The molecule has 1 nitrogen and oxygen atoms in total. The van der Waals surface area contributed by atoms with Crippen molar-refractivity contribution in [1.29, 1.82) is 0 Å². The zero-order chi connectivity index (χ0) is 12.3. The van der Waals surface area contributed by atoms with E-state index in [1.807, 2.05) is 18.2 Å². The van der Waals surface area contributed by atoms with Gasteiger partial charge < -0.3 is 0 Å². The van der Waals surface area contributed by atoms with Gasteiger partial charge in [0, 0.05) is 22.9 Å². The summed E-state index contributed by atoms with van der Waals surface area (Å²) in [5.41, 5.74) is 2.14. The molecule has 17 heavy (non-hydrogen) atoms. The minimum Gasteiger partial charge on any atom is -0.253 e. The standard InChI is InChI=1S/C15H18ClN/c1-11(2)9-13(16)10-14-8-7-12-5-3-4-6-15(12)17-14/h3-8,11,13H,9-10H2,1-2H3. The first kappa shape index (κ1) is 12.4. The van der Waals surface area contributed by atoms with Gasteiger partial charge in [0.15, 0.2) is 0 Å². The maximum atomic E-state index is 6.32. The Bertz CT molecular complexity index is 493. The molecule has 90 valence electrons. The summed E-state index contributed by atoms with van der Waals surface area (Å²) < 4.78 is 0. The summed E-state index contributed by atoms with van der Waals surface area (Å²) in [6.07, 6.45) is 1.89. The minimum absolute atomic E-state index is 0.184. The smallest absolute Gasteiger partial charge is 0.0705 e. The molecule has 1 atom stereocenters. The van der Waals surface area contributed by atoms with Crippen molar-refractivity contribution in [3.05, 3.63) is 42.1 Å². The van der Waals surface area contributed by atoms with Gasteiger partial charge in [-0.05, 0) is 24.5 Å². The van der Waals surface area contributed by atoms with Crippen LogP contribution in [0.3, 0.4) is 0 Å². The maximum Gasteiger partial charge on any atom is 0.0705 e. The van der Waals surface area contributed by atoms with E-state index < -0.39 is 0 Å². The Labute approximate surface area is 108 Å². The molecule has 1 heterocycles. The highest BCUT2D eigenvalue weighted by Crippen LogP contribution is 2.17. The molecule has 0 fully saturated rings. The number of aromatic nitrogens is 1. The average Bonchev–Trinajstić information content (AvgIpc) is 2.27. The number of pyridine rings is 1. The fourth-order valence-corrected chi connectivity index (χ4v) is 2.56. The van der Waals surface area contributed by atoms with Crippen LogP contribution in [0.2, 0.25) is 0 Å². The first-order valence-electron chi connectivity index (χ1n) is 6.14. The summed E-state index contributed by atoms with van der Waals surface area (Å²) in [5, 5.41) is 1.37. The molecule has 0 N–H and O–H groups in total. The predicted octanol–water partition coefficient (Wildman–Crippen LogP) is 4.43. The average molecular weight is 248 g/mol. The largest absolute Gasteiger partial charge is 0.253 e. The van der Waals surface area contributed by atoms with E-state index in [-0.39, 0.29) is 5.38 Å². The van der Waals surface area contributed by atoms with E-state index >= 15 is 0 Å². The molecular formula is C15H18ClN. The van der Waals surface area contributed by atoms with Crippen molar-refractivity contribution in [3.8, 4) is 0 Å². The maximum absolute atomic E-state index is 6.32. The highest BCUT2D eigenvalue weighted by atomic mass is 35.5. The number of hydrogen-bond acceptors (Lipinski definition) is 1. The second kappa shape index (κ2) is 5.50. The van der Waals surface area contributed by atoms with E-state index in [1.54, 1.807) is 0 Å². The second-order valence-electron chi connectivity index (χ2n) is 4.93. The molecule has 0 aliphatic carbocycles. The Morgan fingerprint density at radius 3 is 2.65 bits per heavy atom. The molecule has 0 radical (unpaired) electrons. The molecule has 2 rings (SSSR count). The predicted molar refractivity (Wildman–Crippen MR) is 74.5 cm³/mol. The number of fused-ring (bicyclic) bond motifs is 1. The number of hydrogen-bond donors (Lipinski definition) is 0. The summed E-state index contributed by atoms with van der Waals surface area (Å²) in [5.74, 6) is 0.637. The highest BCUT2D eigenvalue weighted by molar-refractivity contribution is 6.20. The first-order chi connectivity index (χ1) is 8.15. The van der Waals surface area contributed by atoms with Gasteiger partial charge in [0.2, 0.25) is 0 Å². The molecule has 0 spiro atoms. The van der Waals surface area contributed by atoms with Gasteiger partial charge in [-0.2, -0.15) is 0 Å². The summed E-state index contributed by atoms with van der Waals surface area (Å²) in [4.78, 5) is 4.64. The molecule has 0 bridgehead atoms. The lowest BCUT2D eigenvalue weighted by Gasteiger charge is -2.11. The fourth-order valence-electron chi connectivity index (χ4n) is 2.04. The van der Waals surface area contributed by atoms with Gasteiger partial charge in [-0.3, -0.25) is 4.98 Å². The molecule has 1 aromatic carbocycles. The molecule has 0 amide bonds. The van der Waals surface area contributed by atoms with Crippen molar-refractivity contribution in [3.63, 3.8) is 0 Å². The molecule has 0 aliphatic rings. The van der Waals surface area contributed by atoms with E-state index in [1.165, 1.54) is 5.39 Å². The topological polar surface area (TPSA) is 12.9 Å². The SMILES string of the molecule is CC(C)CC(Cl)Cc1ccc2ccccc2n1. The lowest BCUT2D eigenvalue weighted by molar-refractivity contribution is 0.559. The lowest BCUT2D eigenvalue weighted by atomic mass is 10.0. The molecule has 0 saturated carbocycles. The van der Waals surface area contributed by atoms with Crippen molar-refractivity contribution in [2.24, 2.45) is 5.92 Å². The van der Waals surface area contributed by atoms with Crippen LogP contribution in [0.5, 0.6) is 0 Å². The van der Waals surface area contributed by atoms with Crippen LogP contribution >= 0.6 is 11.6 Å². The van der Waals surface area contributed by atoms with Gasteiger partial charge >= 0.3 is 0 Å². The highest BCUT2D eigenvalue weighted by Gasteiger charge is 2.09. The van der Waals surface area contributed by atoms with Gasteiger partial charge in [-0.25, -0.2) is 0 Å². The van der Waals surface area contributed by atoms with E-state index in [0.29, 0.717) is 5.92 Å². The molecule has 2 aromatic rings. The quantitative estimate of drug-likeness (QED) is 0.729. The molecule has 1 aromatic heterocycles. The number of benzene rings is 1. The lowest BCUT2D eigenvalue weighted by Crippen LogP contribution is -2.08. The summed E-state index contributed by atoms with van der Waals surface area (Å²) >= 11 is 6.32. The van der Waals surface area contributed by atoms with Gasteiger partial charge in [0.25, 0.3) is 0 Å². The normalized spacial score (nSPS) is 13.2. The second-order valence-corrected chi connectivity index (χ2v) is 5.54. The zero-order valence-corrected chi connectivity index (χ0v) is 11.1. The van der Waals surface area contributed by atoms with Gasteiger partial charge in [0.1, 0.15) is 0 Å². The first-order valence-corrected chi connectivity index (χ1v) is 6.57. The molecular weight excluding hydrogens is 230 g/mol. The molecule has 1 unspecified atom stereocenters. The number of rotatable bonds is 4. The number of para-hydroxylation sites is 1. The van der Waals surface area contributed by atoms with Crippen LogP contribution in [0.25, 0.3) is 10.9 Å². The monoisotopic (exact) mass is 247 g/mol. The van der Waals surface area contributed by atoms with Crippen molar-refractivity contribution in [2.45, 2.75) is 32.1 Å². The Hall–Kier alpha value is -1.08. The third-order valence-corrected chi connectivity index (χ3v) is 3.15. The van der Waals surface area contributed by atoms with Crippen LogP contribution in [-0.2, 0) is 6.42 Å². The van der Waals surface area contributed by atoms with Crippen molar-refractivity contribution < 1.29 is 0 Å². The Morgan fingerprint density at radius 2 is 1.88 bits per heavy atom. The van der Waals surface area contributed by atoms with Crippen LogP contribution in [0.15, 0.2) is 36.4 Å². The third-order valence-electron chi connectivity index (χ3n) is 2.81. The number of halogens is 1. The van der Waals surface area contributed by atoms with Crippen molar-refractivity contribution in [2.75, 3.05) is 0 Å². The van der Waals surface area contributed by atoms with Gasteiger partial charge in [-0.15, -0.1) is 11.6 Å². The van der Waals surface area contributed by atoms with Crippen LogP contribution < -0.4 is 0 Å².